The number of nitrogens with zero attached hydrogens (tertiary/aromatic N) is 5. The van der Waals surface area contributed by atoms with Gasteiger partial charge in [-0.15, -0.1) is 0 Å². The molecule has 0 aromatic heterocycles. The second-order valence-electron chi connectivity index (χ2n) is 8.74. The molecule has 5 nitrogen and oxygen atoms in total. The van der Waals surface area contributed by atoms with Gasteiger partial charge in [0.05, 0.1) is 34.4 Å². The van der Waals surface area contributed by atoms with Crippen molar-refractivity contribution in [2.75, 3.05) is 0 Å². The maximum absolute atomic E-state index is 15.0. The summed E-state index contributed by atoms with van der Waals surface area (Å²) in [7, 11) is 0. The Labute approximate surface area is 251 Å². The molecule has 1 aliphatic carbocycles. The van der Waals surface area contributed by atoms with Gasteiger partial charge in [0.2, 0.25) is 11.5 Å². The number of benzene rings is 3. The minimum Gasteiger partial charge on any atom is -0.237 e. The first kappa shape index (κ1) is 33.3. The Bertz CT molecular complexity index is 2130. The van der Waals surface area contributed by atoms with Crippen LogP contribution < -0.4 is 0 Å². The second kappa shape index (κ2) is 11.7. The van der Waals surface area contributed by atoms with Gasteiger partial charge in [0.15, 0.2) is 69.8 Å². The summed E-state index contributed by atoms with van der Waals surface area (Å²) in [6.07, 6.45) is 0. The average Bonchev–Trinajstić information content (AvgIpc) is 3.77. The van der Waals surface area contributed by atoms with Crippen LogP contribution in [-0.2, 0) is 0 Å². The minimum atomic E-state index is -2.78. The van der Waals surface area contributed by atoms with Crippen molar-refractivity contribution in [2.45, 2.75) is 0 Å². The monoisotopic (exact) mass is 665 g/mol. The van der Waals surface area contributed by atoms with E-state index in [4.69, 9.17) is 17.1 Å². The molecule has 4 rings (SSSR count). The van der Waals surface area contributed by atoms with Crippen LogP contribution in [0.2, 0.25) is 0 Å². The summed E-state index contributed by atoms with van der Waals surface area (Å²) >= 11 is 0. The fourth-order valence-corrected chi connectivity index (χ4v) is 4.35. The van der Waals surface area contributed by atoms with Crippen LogP contribution in [-0.4, -0.2) is 0 Å². The van der Waals surface area contributed by atoms with Crippen LogP contribution in [0.5, 0.6) is 0 Å². The zero-order valence-corrected chi connectivity index (χ0v) is 21.6. The van der Waals surface area contributed by atoms with Crippen LogP contribution in [0.4, 0.5) is 57.1 Å². The van der Waals surface area contributed by atoms with Gasteiger partial charge in [0.1, 0.15) is 35.4 Å². The van der Waals surface area contributed by atoms with Gasteiger partial charge in [0.25, 0.3) is 0 Å². The van der Waals surface area contributed by atoms with Gasteiger partial charge in [-0.3, -0.25) is 0 Å². The molecular formula is C29F13N5. The minimum absolute atomic E-state index is 0.757. The first-order valence-electron chi connectivity index (χ1n) is 11.5. The summed E-state index contributed by atoms with van der Waals surface area (Å²) in [6, 6.07) is 3.35. The molecule has 47 heavy (non-hydrogen) atoms. The number of hydrogen-bond donors (Lipinski definition) is 0. The SMILES string of the molecule is [C-]#[N+]/C(=C1/C(=C(\C#N)c2c(F)c(F)c(C#N)c(F)c2F)/C1=C(\C#N)c1c(F)c(F)c(F)c(F)c1F)c1c(F)c(F)c(C#N)c(F)c1F. The molecule has 1 saturated carbocycles. The Hall–Kier alpha value is -6.58. The summed E-state index contributed by atoms with van der Waals surface area (Å²) in [6.45, 7) is 7.36. The third-order valence-electron chi connectivity index (χ3n) is 6.46. The lowest BCUT2D eigenvalue weighted by molar-refractivity contribution is 0.376. The molecule has 18 heteroatoms. The first-order chi connectivity index (χ1) is 22.1. The third kappa shape index (κ3) is 4.61. The molecule has 0 N–H and O–H groups in total. The van der Waals surface area contributed by atoms with Crippen molar-refractivity contribution in [3.63, 3.8) is 0 Å². The summed E-state index contributed by atoms with van der Waals surface area (Å²) in [4.78, 5) is 2.57. The Morgan fingerprint density at radius 2 is 0.681 bits per heavy atom. The third-order valence-corrected chi connectivity index (χ3v) is 6.46. The maximum atomic E-state index is 15.0. The van der Waals surface area contributed by atoms with Crippen LogP contribution in [0.1, 0.15) is 27.8 Å². The van der Waals surface area contributed by atoms with E-state index in [1.165, 1.54) is 0 Å². The fraction of sp³-hybridized carbons (Fsp3) is 0. The summed E-state index contributed by atoms with van der Waals surface area (Å²) < 4.78 is 189. The van der Waals surface area contributed by atoms with E-state index in [0.717, 1.165) is 24.3 Å². The van der Waals surface area contributed by atoms with Gasteiger partial charge in [-0.2, -0.15) is 21.0 Å². The Morgan fingerprint density at radius 1 is 0.404 bits per heavy atom. The largest absolute Gasteiger partial charge is 0.237 e. The van der Waals surface area contributed by atoms with E-state index in [0.29, 0.717) is 0 Å². The van der Waals surface area contributed by atoms with E-state index < -0.39 is 137 Å². The molecule has 0 saturated heterocycles. The molecule has 1 fully saturated rings. The summed E-state index contributed by atoms with van der Waals surface area (Å²) in [5.41, 5.74) is -19.9. The van der Waals surface area contributed by atoms with E-state index >= 15 is 0 Å². The highest BCUT2D eigenvalue weighted by atomic mass is 19.2. The van der Waals surface area contributed by atoms with Crippen LogP contribution in [0.15, 0.2) is 16.7 Å². The number of hydrogen-bond acceptors (Lipinski definition) is 4. The molecular weight excluding hydrogens is 665 g/mol. The number of rotatable bonds is 3. The van der Waals surface area contributed by atoms with Crippen molar-refractivity contribution in [1.82, 2.24) is 0 Å². The Kier molecular flexibility index (Phi) is 8.32. The van der Waals surface area contributed by atoms with Gasteiger partial charge >= 0.3 is 0 Å². The topological polar surface area (TPSA) is 99.5 Å². The lowest BCUT2D eigenvalue weighted by Gasteiger charge is -2.08. The second-order valence-corrected chi connectivity index (χ2v) is 8.74. The molecule has 3 aromatic carbocycles. The summed E-state index contributed by atoms with van der Waals surface area (Å²) in [5, 5.41) is 37.1. The molecule has 3 aromatic rings. The van der Waals surface area contributed by atoms with Gasteiger partial charge in [-0.25, -0.2) is 61.9 Å². The predicted octanol–water partition coefficient (Wildman–Crippen LogP) is 7.84. The highest BCUT2D eigenvalue weighted by molar-refractivity contribution is 6.11. The summed E-state index contributed by atoms with van der Waals surface area (Å²) in [5.74, 6) is -33.7. The van der Waals surface area contributed by atoms with E-state index in [9.17, 15) is 67.6 Å². The number of allylic oxidation sites excluding steroid dienone is 5. The van der Waals surface area contributed by atoms with Crippen molar-refractivity contribution in [2.24, 2.45) is 0 Å². The van der Waals surface area contributed by atoms with Crippen molar-refractivity contribution in [1.29, 1.82) is 21.0 Å². The number of halogens is 13. The first-order valence-corrected chi connectivity index (χ1v) is 11.5. The normalized spacial score (nSPS) is 15.1. The molecule has 0 bridgehead atoms. The zero-order chi connectivity index (χ0) is 35.4. The van der Waals surface area contributed by atoms with Crippen LogP contribution >= 0.6 is 0 Å². The van der Waals surface area contributed by atoms with Gasteiger partial charge in [-0.1, -0.05) is 0 Å². The van der Waals surface area contributed by atoms with Gasteiger partial charge < -0.3 is 0 Å². The van der Waals surface area contributed by atoms with Gasteiger partial charge in [-0.05, 0) is 16.7 Å². The Morgan fingerprint density at radius 3 is 0.957 bits per heavy atom. The van der Waals surface area contributed by atoms with E-state index in [1.54, 1.807) is 0 Å². The fourth-order valence-electron chi connectivity index (χ4n) is 4.35. The lowest BCUT2D eigenvalue weighted by Crippen LogP contribution is -2.07. The predicted molar refractivity (Wildman–Crippen MR) is 127 cm³/mol. The van der Waals surface area contributed by atoms with Crippen molar-refractivity contribution >= 4 is 16.8 Å². The van der Waals surface area contributed by atoms with Crippen LogP contribution in [0, 0.1) is 128 Å². The molecule has 0 atom stereocenters. The zero-order valence-electron chi connectivity index (χ0n) is 21.6. The molecule has 1 aliphatic rings. The maximum Gasteiger partial charge on any atom is 0.208 e. The van der Waals surface area contributed by atoms with E-state index in [1.807, 2.05) is 0 Å². The number of nitriles is 4. The lowest BCUT2D eigenvalue weighted by atomic mass is 9.99. The standard InChI is InChI=1S/C29F13N5/c1-47-29(15-24(38)18(32)9(5-46)19(33)25(15)39)14-10(6(2-43)12-20(34)16(30)8(4-45)17(31)21(12)35)11(14)7(3-44)13-22(36)26(40)28(42)27(41)23(13)37/b10-6+,11-7-,29-14-. The highest BCUT2D eigenvalue weighted by Gasteiger charge is 2.46. The molecule has 0 heterocycles. The molecule has 0 spiro atoms. The van der Waals surface area contributed by atoms with Crippen LogP contribution in [0.25, 0.3) is 21.7 Å². The van der Waals surface area contributed by atoms with Crippen molar-refractivity contribution < 1.29 is 57.1 Å². The van der Waals surface area contributed by atoms with Crippen LogP contribution in [0.3, 0.4) is 0 Å². The molecule has 232 valence electrons. The molecule has 0 radical (unpaired) electrons. The highest BCUT2D eigenvalue weighted by Crippen LogP contribution is 2.57. The molecule has 0 amide bonds. The molecule has 0 unspecified atom stereocenters. The smallest absolute Gasteiger partial charge is 0.208 e. The Balaban J connectivity index is 2.37. The van der Waals surface area contributed by atoms with Crippen molar-refractivity contribution in [3.8, 4) is 24.3 Å². The average molecular weight is 665 g/mol. The van der Waals surface area contributed by atoms with E-state index in [-0.39, 0.29) is 0 Å². The molecule has 0 aliphatic heterocycles. The van der Waals surface area contributed by atoms with Crippen molar-refractivity contribution in [3.05, 3.63) is 132 Å². The van der Waals surface area contributed by atoms with Gasteiger partial charge in [0, 0.05) is 0 Å². The quantitative estimate of drug-likeness (QED) is 0.0936. The van der Waals surface area contributed by atoms with E-state index in [2.05, 4.69) is 4.85 Å².